The van der Waals surface area contributed by atoms with Gasteiger partial charge in [-0.2, -0.15) is 0 Å². The number of hydrogen-bond acceptors (Lipinski definition) is 2. The Hall–Kier alpha value is -1.61. The second-order valence-electron chi connectivity index (χ2n) is 4.91. The Kier molecular flexibility index (Phi) is 4.38. The molecule has 0 aliphatic heterocycles. The van der Waals surface area contributed by atoms with E-state index < -0.39 is 0 Å². The molecule has 102 valence electrons. The zero-order chi connectivity index (χ0) is 13.8. The fourth-order valence-electron chi connectivity index (χ4n) is 2.18. The Morgan fingerprint density at radius 3 is 2.79 bits per heavy atom. The van der Waals surface area contributed by atoms with Crippen molar-refractivity contribution in [3.63, 3.8) is 0 Å². The van der Waals surface area contributed by atoms with Crippen LogP contribution >= 0.6 is 0 Å². The Morgan fingerprint density at radius 2 is 2.05 bits per heavy atom. The van der Waals surface area contributed by atoms with Gasteiger partial charge in [-0.15, -0.1) is 0 Å². The normalized spacial score (nSPS) is 12.6. The molecule has 1 aromatic heterocycles. The summed E-state index contributed by atoms with van der Waals surface area (Å²) in [4.78, 5) is 0. The third-order valence-electron chi connectivity index (χ3n) is 3.11. The molecule has 2 nitrogen and oxygen atoms in total. The smallest absolute Gasteiger partial charge is 0.137 e. The minimum absolute atomic E-state index is 0.244. The minimum Gasteiger partial charge on any atom is -0.461 e. The second-order valence-corrected chi connectivity index (χ2v) is 4.91. The maximum atomic E-state index is 13.8. The molecule has 0 fully saturated rings. The van der Waals surface area contributed by atoms with Crippen molar-refractivity contribution in [2.45, 2.75) is 33.2 Å². The first kappa shape index (κ1) is 13.8. The van der Waals surface area contributed by atoms with Gasteiger partial charge in [0.2, 0.25) is 0 Å². The molecule has 19 heavy (non-hydrogen) atoms. The highest BCUT2D eigenvalue weighted by Gasteiger charge is 2.11. The monoisotopic (exact) mass is 261 g/mol. The average molecular weight is 261 g/mol. The van der Waals surface area contributed by atoms with Crippen LogP contribution in [0.5, 0.6) is 0 Å². The van der Waals surface area contributed by atoms with Crippen LogP contribution in [0.4, 0.5) is 4.39 Å². The summed E-state index contributed by atoms with van der Waals surface area (Å²) < 4.78 is 19.5. The van der Waals surface area contributed by atoms with Crippen LogP contribution in [0, 0.1) is 12.7 Å². The van der Waals surface area contributed by atoms with Gasteiger partial charge in [-0.25, -0.2) is 4.39 Å². The van der Waals surface area contributed by atoms with Gasteiger partial charge in [-0.05, 0) is 44.7 Å². The molecule has 0 aliphatic rings. The van der Waals surface area contributed by atoms with Crippen LogP contribution in [0.1, 0.15) is 25.2 Å². The molecule has 0 bridgehead atoms. The summed E-state index contributed by atoms with van der Waals surface area (Å²) >= 11 is 0. The number of hydrogen-bond donors (Lipinski definition) is 1. The summed E-state index contributed by atoms with van der Waals surface area (Å²) in [5.74, 6) is 1.23. The quantitative estimate of drug-likeness (QED) is 0.882. The summed E-state index contributed by atoms with van der Waals surface area (Å²) in [6, 6.07) is 9.17. The summed E-state index contributed by atoms with van der Waals surface area (Å²) in [5.41, 5.74) is 1.55. The number of benzene rings is 1. The standard InChI is InChI=1S/C16H20FNO/c1-4-18-12(3)10-13-6-8-16(19-13)14-9-11(2)5-7-15(14)17/h5-9,12,18H,4,10H2,1-3H3. The third kappa shape index (κ3) is 3.44. The molecular formula is C16H20FNO. The SMILES string of the molecule is CCNC(C)Cc1ccc(-c2cc(C)ccc2F)o1. The van der Waals surface area contributed by atoms with Crippen LogP contribution in [0.25, 0.3) is 11.3 Å². The van der Waals surface area contributed by atoms with E-state index in [0.717, 1.165) is 24.3 Å². The summed E-state index contributed by atoms with van der Waals surface area (Å²) in [7, 11) is 0. The van der Waals surface area contributed by atoms with Crippen molar-refractivity contribution in [2.75, 3.05) is 6.54 Å². The molecule has 1 N–H and O–H groups in total. The fraction of sp³-hybridized carbons (Fsp3) is 0.375. The zero-order valence-corrected chi connectivity index (χ0v) is 11.7. The van der Waals surface area contributed by atoms with Crippen LogP contribution in [0.3, 0.4) is 0 Å². The van der Waals surface area contributed by atoms with Gasteiger partial charge in [-0.1, -0.05) is 18.6 Å². The number of rotatable bonds is 5. The summed E-state index contributed by atoms with van der Waals surface area (Å²) in [6.45, 7) is 7.06. The van der Waals surface area contributed by atoms with Crippen molar-refractivity contribution in [1.82, 2.24) is 5.32 Å². The van der Waals surface area contributed by atoms with Crippen molar-refractivity contribution in [3.05, 3.63) is 47.5 Å². The molecule has 0 saturated heterocycles. The third-order valence-corrected chi connectivity index (χ3v) is 3.11. The number of aryl methyl sites for hydroxylation is 1. The molecular weight excluding hydrogens is 241 g/mol. The van der Waals surface area contributed by atoms with Gasteiger partial charge in [0, 0.05) is 12.5 Å². The van der Waals surface area contributed by atoms with Gasteiger partial charge >= 0.3 is 0 Å². The lowest BCUT2D eigenvalue weighted by Gasteiger charge is -2.09. The van der Waals surface area contributed by atoms with Crippen LogP contribution in [0.2, 0.25) is 0 Å². The Labute approximate surface area is 113 Å². The molecule has 2 rings (SSSR count). The van der Waals surface area contributed by atoms with Crippen LogP contribution in [0.15, 0.2) is 34.7 Å². The molecule has 0 amide bonds. The predicted molar refractivity (Wildman–Crippen MR) is 75.7 cm³/mol. The van der Waals surface area contributed by atoms with Crippen molar-refractivity contribution in [1.29, 1.82) is 0 Å². The van der Waals surface area contributed by atoms with Gasteiger partial charge in [0.25, 0.3) is 0 Å². The van der Waals surface area contributed by atoms with Gasteiger partial charge in [0.15, 0.2) is 0 Å². The predicted octanol–water partition coefficient (Wildman–Crippen LogP) is 3.93. The van der Waals surface area contributed by atoms with Gasteiger partial charge in [0.05, 0.1) is 5.56 Å². The Morgan fingerprint density at radius 1 is 1.26 bits per heavy atom. The molecule has 3 heteroatoms. The first-order valence-electron chi connectivity index (χ1n) is 6.68. The Balaban J connectivity index is 2.18. The largest absolute Gasteiger partial charge is 0.461 e. The number of nitrogens with one attached hydrogen (secondary N) is 1. The van der Waals surface area contributed by atoms with E-state index in [9.17, 15) is 4.39 Å². The highest BCUT2D eigenvalue weighted by Crippen LogP contribution is 2.26. The van der Waals surface area contributed by atoms with E-state index in [1.807, 2.05) is 25.1 Å². The lowest BCUT2D eigenvalue weighted by atomic mass is 10.1. The van der Waals surface area contributed by atoms with E-state index in [-0.39, 0.29) is 5.82 Å². The van der Waals surface area contributed by atoms with Crippen LogP contribution < -0.4 is 5.32 Å². The molecule has 1 atom stereocenters. The van der Waals surface area contributed by atoms with Crippen LogP contribution in [-0.4, -0.2) is 12.6 Å². The van der Waals surface area contributed by atoms with Gasteiger partial charge in [0.1, 0.15) is 17.3 Å². The second kappa shape index (κ2) is 6.02. The van der Waals surface area contributed by atoms with Crippen molar-refractivity contribution in [2.24, 2.45) is 0 Å². The lowest BCUT2D eigenvalue weighted by Crippen LogP contribution is -2.27. The molecule has 2 aromatic rings. The maximum absolute atomic E-state index is 13.8. The van der Waals surface area contributed by atoms with Crippen molar-refractivity contribution < 1.29 is 8.81 Å². The number of likely N-dealkylation sites (N-methyl/N-ethyl adjacent to an activating group) is 1. The van der Waals surface area contributed by atoms with E-state index in [1.54, 1.807) is 6.07 Å². The molecule has 1 aromatic carbocycles. The minimum atomic E-state index is -0.244. The van der Waals surface area contributed by atoms with Gasteiger partial charge in [-0.3, -0.25) is 0 Å². The van der Waals surface area contributed by atoms with Crippen LogP contribution in [-0.2, 0) is 6.42 Å². The van der Waals surface area contributed by atoms with E-state index in [4.69, 9.17) is 4.42 Å². The van der Waals surface area contributed by atoms with E-state index >= 15 is 0 Å². The molecule has 0 aliphatic carbocycles. The number of halogens is 1. The topological polar surface area (TPSA) is 25.2 Å². The average Bonchev–Trinajstić information content (AvgIpc) is 2.81. The van der Waals surface area contributed by atoms with E-state index in [2.05, 4.69) is 19.2 Å². The van der Waals surface area contributed by atoms with Crippen molar-refractivity contribution >= 4 is 0 Å². The highest BCUT2D eigenvalue weighted by atomic mass is 19.1. The van der Waals surface area contributed by atoms with Crippen molar-refractivity contribution in [3.8, 4) is 11.3 Å². The summed E-state index contributed by atoms with van der Waals surface area (Å²) in [5, 5.41) is 3.33. The molecule has 0 radical (unpaired) electrons. The lowest BCUT2D eigenvalue weighted by molar-refractivity contribution is 0.468. The number of furan rings is 1. The van der Waals surface area contributed by atoms with Gasteiger partial charge < -0.3 is 9.73 Å². The molecule has 1 unspecified atom stereocenters. The molecule has 1 heterocycles. The Bertz CT molecular complexity index is 547. The molecule has 0 spiro atoms. The zero-order valence-electron chi connectivity index (χ0n) is 11.7. The molecule has 0 saturated carbocycles. The van der Waals surface area contributed by atoms with E-state index in [0.29, 0.717) is 17.4 Å². The fourth-order valence-corrected chi connectivity index (χ4v) is 2.18. The first-order valence-corrected chi connectivity index (χ1v) is 6.68. The van der Waals surface area contributed by atoms with E-state index in [1.165, 1.54) is 6.07 Å². The first-order chi connectivity index (χ1) is 9.10. The highest BCUT2D eigenvalue weighted by molar-refractivity contribution is 5.59. The maximum Gasteiger partial charge on any atom is 0.137 e. The summed E-state index contributed by atoms with van der Waals surface area (Å²) in [6.07, 6.45) is 0.807.